The van der Waals surface area contributed by atoms with Crippen LogP contribution in [-0.4, -0.2) is 28.1 Å². The summed E-state index contributed by atoms with van der Waals surface area (Å²) in [5.74, 6) is -0.0750. The van der Waals surface area contributed by atoms with Gasteiger partial charge in [-0.15, -0.1) is 0 Å². The standard InChI is InChI=1S/C18H29NO2/c1-14(2)12-15-6-8-16(9-7-15)13-19(18(3,4)5)11-10-17(20)21/h6-9,14H,10-13H2,1-5H3,(H,20,21). The molecule has 21 heavy (non-hydrogen) atoms. The van der Waals surface area contributed by atoms with Crippen molar-refractivity contribution in [2.75, 3.05) is 6.54 Å². The van der Waals surface area contributed by atoms with Crippen LogP contribution in [0.2, 0.25) is 0 Å². The number of hydrogen-bond acceptors (Lipinski definition) is 2. The van der Waals surface area contributed by atoms with E-state index in [2.05, 4.69) is 63.8 Å². The Bertz CT molecular complexity index is 443. The summed E-state index contributed by atoms with van der Waals surface area (Å²) in [5.41, 5.74) is 2.57. The second-order valence-electron chi connectivity index (χ2n) is 7.15. The number of hydrogen-bond donors (Lipinski definition) is 1. The van der Waals surface area contributed by atoms with Gasteiger partial charge in [0.05, 0.1) is 6.42 Å². The number of carboxylic acids is 1. The van der Waals surface area contributed by atoms with Crippen LogP contribution in [0.15, 0.2) is 24.3 Å². The predicted molar refractivity (Wildman–Crippen MR) is 87.4 cm³/mol. The maximum Gasteiger partial charge on any atom is 0.304 e. The molecule has 0 unspecified atom stereocenters. The molecule has 0 fully saturated rings. The zero-order valence-corrected chi connectivity index (χ0v) is 14.0. The Morgan fingerprint density at radius 2 is 1.67 bits per heavy atom. The fraction of sp³-hybridized carbons (Fsp3) is 0.611. The zero-order chi connectivity index (χ0) is 16.0. The van der Waals surface area contributed by atoms with Gasteiger partial charge >= 0.3 is 5.97 Å². The van der Waals surface area contributed by atoms with Gasteiger partial charge in [-0.05, 0) is 44.2 Å². The van der Waals surface area contributed by atoms with Crippen molar-refractivity contribution in [1.29, 1.82) is 0 Å². The molecule has 1 aromatic carbocycles. The third kappa shape index (κ3) is 6.76. The maximum atomic E-state index is 10.8. The summed E-state index contributed by atoms with van der Waals surface area (Å²) in [6, 6.07) is 8.70. The molecule has 0 atom stereocenters. The molecule has 0 bridgehead atoms. The Morgan fingerprint density at radius 1 is 1.14 bits per heavy atom. The summed E-state index contributed by atoms with van der Waals surface area (Å²) in [4.78, 5) is 13.0. The molecule has 0 aromatic heterocycles. The lowest BCUT2D eigenvalue weighted by molar-refractivity contribution is -0.137. The summed E-state index contributed by atoms with van der Waals surface area (Å²) in [5, 5.41) is 8.89. The molecule has 0 saturated carbocycles. The minimum Gasteiger partial charge on any atom is -0.481 e. The summed E-state index contributed by atoms with van der Waals surface area (Å²) >= 11 is 0. The fourth-order valence-corrected chi connectivity index (χ4v) is 2.35. The first-order valence-corrected chi connectivity index (χ1v) is 7.73. The summed E-state index contributed by atoms with van der Waals surface area (Å²) in [6.45, 7) is 12.2. The lowest BCUT2D eigenvalue weighted by Gasteiger charge is -2.35. The number of rotatable bonds is 7. The topological polar surface area (TPSA) is 40.5 Å². The quantitative estimate of drug-likeness (QED) is 0.826. The molecule has 3 heteroatoms. The van der Waals surface area contributed by atoms with E-state index in [4.69, 9.17) is 5.11 Å². The lowest BCUT2D eigenvalue weighted by Crippen LogP contribution is -2.42. The highest BCUT2D eigenvalue weighted by atomic mass is 16.4. The molecule has 118 valence electrons. The molecule has 0 amide bonds. The fourth-order valence-electron chi connectivity index (χ4n) is 2.35. The number of nitrogens with zero attached hydrogens (tertiary/aromatic N) is 1. The zero-order valence-electron chi connectivity index (χ0n) is 14.0. The first kappa shape index (κ1) is 17.7. The molecule has 0 aliphatic carbocycles. The third-order valence-corrected chi connectivity index (χ3v) is 3.58. The van der Waals surface area contributed by atoms with Crippen molar-refractivity contribution in [3.8, 4) is 0 Å². The number of carbonyl (C=O) groups is 1. The first-order chi connectivity index (χ1) is 9.68. The van der Waals surface area contributed by atoms with Gasteiger partial charge in [0.1, 0.15) is 0 Å². The molecule has 0 heterocycles. The van der Waals surface area contributed by atoms with Crippen LogP contribution in [0.25, 0.3) is 0 Å². The molecular weight excluding hydrogens is 262 g/mol. The van der Waals surface area contributed by atoms with Crippen LogP contribution in [0, 0.1) is 5.92 Å². The van der Waals surface area contributed by atoms with Crippen LogP contribution in [0.5, 0.6) is 0 Å². The second-order valence-corrected chi connectivity index (χ2v) is 7.15. The van der Waals surface area contributed by atoms with Crippen molar-refractivity contribution in [1.82, 2.24) is 4.90 Å². The second kappa shape index (κ2) is 7.60. The van der Waals surface area contributed by atoms with E-state index in [-0.39, 0.29) is 12.0 Å². The van der Waals surface area contributed by atoms with Crippen LogP contribution in [0.3, 0.4) is 0 Å². The monoisotopic (exact) mass is 291 g/mol. The van der Waals surface area contributed by atoms with Gasteiger partial charge in [0, 0.05) is 18.6 Å². The van der Waals surface area contributed by atoms with Gasteiger partial charge in [0.15, 0.2) is 0 Å². The van der Waals surface area contributed by atoms with Gasteiger partial charge in [-0.2, -0.15) is 0 Å². The van der Waals surface area contributed by atoms with Crippen LogP contribution >= 0.6 is 0 Å². The SMILES string of the molecule is CC(C)Cc1ccc(CN(CCC(=O)O)C(C)(C)C)cc1. The third-order valence-electron chi connectivity index (χ3n) is 3.58. The minimum atomic E-state index is -0.739. The Kier molecular flexibility index (Phi) is 6.41. The van der Waals surface area contributed by atoms with Crippen molar-refractivity contribution in [2.24, 2.45) is 5.92 Å². The van der Waals surface area contributed by atoms with Gasteiger partial charge < -0.3 is 5.11 Å². The van der Waals surface area contributed by atoms with E-state index < -0.39 is 5.97 Å². The van der Waals surface area contributed by atoms with E-state index in [0.717, 1.165) is 13.0 Å². The molecule has 0 aliphatic heterocycles. The van der Waals surface area contributed by atoms with Crippen molar-refractivity contribution in [3.63, 3.8) is 0 Å². The van der Waals surface area contributed by atoms with Crippen molar-refractivity contribution in [3.05, 3.63) is 35.4 Å². The molecule has 0 radical (unpaired) electrons. The first-order valence-electron chi connectivity index (χ1n) is 7.73. The van der Waals surface area contributed by atoms with E-state index in [9.17, 15) is 4.79 Å². The number of carboxylic acid groups (broad SMARTS) is 1. The van der Waals surface area contributed by atoms with Gasteiger partial charge in [0.25, 0.3) is 0 Å². The highest BCUT2D eigenvalue weighted by Crippen LogP contribution is 2.18. The van der Waals surface area contributed by atoms with Crippen molar-refractivity contribution >= 4 is 5.97 Å². The molecule has 0 spiro atoms. The Morgan fingerprint density at radius 3 is 2.10 bits per heavy atom. The van der Waals surface area contributed by atoms with E-state index in [1.165, 1.54) is 11.1 Å². The van der Waals surface area contributed by atoms with Crippen LogP contribution in [0.4, 0.5) is 0 Å². The maximum absolute atomic E-state index is 10.8. The van der Waals surface area contributed by atoms with Gasteiger partial charge in [-0.3, -0.25) is 9.69 Å². The van der Waals surface area contributed by atoms with Crippen molar-refractivity contribution in [2.45, 2.75) is 59.5 Å². The smallest absolute Gasteiger partial charge is 0.304 e. The van der Waals surface area contributed by atoms with E-state index in [1.807, 2.05) is 0 Å². The molecule has 0 aliphatic rings. The number of aliphatic carboxylic acids is 1. The summed E-state index contributed by atoms with van der Waals surface area (Å²) in [7, 11) is 0. The van der Waals surface area contributed by atoms with E-state index in [1.54, 1.807) is 0 Å². The largest absolute Gasteiger partial charge is 0.481 e. The Hall–Kier alpha value is -1.35. The van der Waals surface area contributed by atoms with Gasteiger partial charge in [-0.1, -0.05) is 38.1 Å². The van der Waals surface area contributed by atoms with E-state index >= 15 is 0 Å². The highest BCUT2D eigenvalue weighted by molar-refractivity contribution is 5.66. The molecule has 1 rings (SSSR count). The Balaban J connectivity index is 2.72. The van der Waals surface area contributed by atoms with Crippen molar-refractivity contribution < 1.29 is 9.90 Å². The van der Waals surface area contributed by atoms with E-state index in [0.29, 0.717) is 12.5 Å². The lowest BCUT2D eigenvalue weighted by atomic mass is 10.0. The van der Waals surface area contributed by atoms with Crippen LogP contribution < -0.4 is 0 Å². The average Bonchev–Trinajstić information content (AvgIpc) is 2.34. The molecule has 1 N–H and O–H groups in total. The summed E-state index contributed by atoms with van der Waals surface area (Å²) in [6.07, 6.45) is 1.28. The van der Waals surface area contributed by atoms with Gasteiger partial charge in [-0.25, -0.2) is 0 Å². The Labute approximate surface area is 129 Å². The predicted octanol–water partition coefficient (Wildman–Crippen LogP) is 3.96. The average molecular weight is 291 g/mol. The molecule has 0 saturated heterocycles. The number of benzene rings is 1. The molecular formula is C18H29NO2. The molecule has 1 aromatic rings. The van der Waals surface area contributed by atoms with Crippen LogP contribution in [-0.2, 0) is 17.8 Å². The normalized spacial score (nSPS) is 12.1. The minimum absolute atomic E-state index is 0.0357. The highest BCUT2D eigenvalue weighted by Gasteiger charge is 2.21. The van der Waals surface area contributed by atoms with Crippen LogP contribution in [0.1, 0.15) is 52.2 Å². The molecule has 3 nitrogen and oxygen atoms in total. The van der Waals surface area contributed by atoms with Gasteiger partial charge in [0.2, 0.25) is 0 Å². The summed E-state index contributed by atoms with van der Waals surface area (Å²) < 4.78 is 0.